The molecular formula is C46H39NO7. The lowest BCUT2D eigenvalue weighted by Gasteiger charge is -2.54. The zero-order valence-electron chi connectivity index (χ0n) is 30.0. The van der Waals surface area contributed by atoms with E-state index in [1.54, 1.807) is 30.3 Å². The molecule has 4 aromatic rings. The van der Waals surface area contributed by atoms with Gasteiger partial charge in [-0.15, -0.1) is 0 Å². The first-order valence-corrected chi connectivity index (χ1v) is 18.1. The first-order valence-electron chi connectivity index (χ1n) is 18.1. The summed E-state index contributed by atoms with van der Waals surface area (Å²) in [5.41, 5.74) is 3.19. The predicted molar refractivity (Wildman–Crippen MR) is 207 cm³/mol. The molecule has 0 bridgehead atoms. The molecule has 2 amide bonds. The number of aromatic hydroxyl groups is 1. The van der Waals surface area contributed by atoms with Gasteiger partial charge in [-0.2, -0.15) is 0 Å². The van der Waals surface area contributed by atoms with E-state index in [4.69, 9.17) is 9.47 Å². The Labute approximate surface area is 313 Å². The summed E-state index contributed by atoms with van der Waals surface area (Å²) in [4.78, 5) is 60.2. The van der Waals surface area contributed by atoms with Crippen LogP contribution in [0, 0.1) is 29.6 Å². The number of amides is 2. The zero-order valence-corrected chi connectivity index (χ0v) is 30.0. The number of fused-ring (bicyclic) bond motifs is 4. The average molecular weight is 718 g/mol. The minimum atomic E-state index is -1.35. The number of phenols is 1. The van der Waals surface area contributed by atoms with Crippen molar-refractivity contribution in [2.45, 2.75) is 18.3 Å². The van der Waals surface area contributed by atoms with Crippen molar-refractivity contribution in [2.24, 2.45) is 29.6 Å². The molecule has 270 valence electrons. The van der Waals surface area contributed by atoms with Crippen LogP contribution >= 0.6 is 0 Å². The van der Waals surface area contributed by atoms with E-state index in [9.17, 15) is 14.7 Å². The largest absolute Gasteiger partial charge is 0.502 e. The average Bonchev–Trinajstić information content (AvgIpc) is 3.47. The van der Waals surface area contributed by atoms with E-state index in [0.29, 0.717) is 34.4 Å². The van der Waals surface area contributed by atoms with Crippen LogP contribution in [0.2, 0.25) is 0 Å². The zero-order chi connectivity index (χ0) is 37.7. The molecule has 1 saturated heterocycles. The molecule has 4 aromatic carbocycles. The van der Waals surface area contributed by atoms with E-state index < -0.39 is 35.0 Å². The Kier molecular flexibility index (Phi) is 8.77. The highest BCUT2D eigenvalue weighted by atomic mass is 16.5. The molecule has 0 radical (unpaired) electrons. The fourth-order valence-electron chi connectivity index (χ4n) is 9.35. The van der Waals surface area contributed by atoms with Crippen LogP contribution < -0.4 is 14.4 Å². The minimum absolute atomic E-state index is 0.142. The number of ether oxygens (including phenoxy) is 2. The summed E-state index contributed by atoms with van der Waals surface area (Å²) in [6, 6.07) is 29.1. The molecule has 2 fully saturated rings. The molecule has 6 unspecified atom stereocenters. The monoisotopic (exact) mass is 717 g/mol. The lowest BCUT2D eigenvalue weighted by molar-refractivity contribution is -0.135. The van der Waals surface area contributed by atoms with Crippen LogP contribution in [0.4, 0.5) is 5.69 Å². The molecule has 8 nitrogen and oxygen atoms in total. The van der Waals surface area contributed by atoms with Crippen molar-refractivity contribution in [3.63, 3.8) is 0 Å². The smallest absolute Gasteiger partial charge is 0.238 e. The maximum Gasteiger partial charge on any atom is 0.238 e. The molecule has 8 heteroatoms. The number of Topliss-reactive ketones (excluding diaryl/α,β-unsaturated/α-hetero) is 1. The SMILES string of the molecule is C=Cc1ccc(N2C(=O)C3CC=C4C(CC5C(=O)C(c6ccccc6)=CC(=O)C5(c5ccccc5)C4C=Cc4cc(OC)c(O)c(OC)c4)C3C2=O)cc1. The summed E-state index contributed by atoms with van der Waals surface area (Å²) in [5.74, 6) is -4.02. The van der Waals surface area contributed by atoms with E-state index >= 15 is 9.59 Å². The van der Waals surface area contributed by atoms with E-state index in [-0.39, 0.29) is 47.1 Å². The van der Waals surface area contributed by atoms with Crippen molar-refractivity contribution in [1.29, 1.82) is 0 Å². The standard InChI is InChI=1S/C46H39NO7/c1-4-27-15-18-31(19-16-27)47-44(51)33-21-20-32-35(41(33)45(47)52)25-37-42(49)34(29-11-7-5-8-12-29)26-40(48)46(37,30-13-9-6-10-14-30)36(32)22-17-28-23-38(53-2)43(50)39(24-28)54-3/h4-20,22-24,26,33,35-37,41,50H,1,21,25H2,2-3H3. The highest BCUT2D eigenvalue weighted by Crippen LogP contribution is 2.61. The summed E-state index contributed by atoms with van der Waals surface area (Å²) in [7, 11) is 2.90. The van der Waals surface area contributed by atoms with Gasteiger partial charge in [-0.1, -0.05) is 109 Å². The summed E-state index contributed by atoms with van der Waals surface area (Å²) in [6.07, 6.45) is 9.54. The molecule has 1 aliphatic heterocycles. The third kappa shape index (κ3) is 5.27. The number of rotatable bonds is 8. The highest BCUT2D eigenvalue weighted by Gasteiger charge is 2.65. The summed E-state index contributed by atoms with van der Waals surface area (Å²) in [5, 5.41) is 10.6. The number of methoxy groups -OCH3 is 2. The van der Waals surface area contributed by atoms with Crippen LogP contribution in [-0.2, 0) is 24.6 Å². The van der Waals surface area contributed by atoms with Gasteiger partial charge in [-0.05, 0) is 71.4 Å². The van der Waals surface area contributed by atoms with Crippen molar-refractivity contribution >= 4 is 46.8 Å². The van der Waals surface area contributed by atoms with Gasteiger partial charge in [0.25, 0.3) is 0 Å². The number of allylic oxidation sites excluding steroid dienone is 5. The van der Waals surface area contributed by atoms with Gasteiger partial charge < -0.3 is 14.6 Å². The molecule has 8 rings (SSSR count). The fraction of sp³-hybridized carbons (Fsp3) is 0.217. The molecular weight excluding hydrogens is 679 g/mol. The van der Waals surface area contributed by atoms with E-state index in [0.717, 1.165) is 11.1 Å². The topological polar surface area (TPSA) is 110 Å². The predicted octanol–water partition coefficient (Wildman–Crippen LogP) is 7.63. The second-order valence-corrected chi connectivity index (χ2v) is 14.3. The summed E-state index contributed by atoms with van der Waals surface area (Å²) >= 11 is 0. The summed E-state index contributed by atoms with van der Waals surface area (Å²) in [6.45, 7) is 3.81. The molecule has 1 N–H and O–H groups in total. The normalized spacial score (nSPS) is 26.1. The molecule has 1 saturated carbocycles. The lowest BCUT2D eigenvalue weighted by Crippen LogP contribution is -2.59. The minimum Gasteiger partial charge on any atom is -0.502 e. The fourth-order valence-corrected chi connectivity index (χ4v) is 9.35. The van der Waals surface area contributed by atoms with E-state index in [2.05, 4.69) is 6.58 Å². The third-order valence-electron chi connectivity index (χ3n) is 11.8. The van der Waals surface area contributed by atoms with Crippen molar-refractivity contribution < 1.29 is 33.8 Å². The van der Waals surface area contributed by atoms with Crippen LogP contribution in [-0.4, -0.2) is 42.7 Å². The highest BCUT2D eigenvalue weighted by molar-refractivity contribution is 6.31. The molecule has 54 heavy (non-hydrogen) atoms. The number of hydrogen-bond donors (Lipinski definition) is 1. The Bertz CT molecular complexity index is 2260. The van der Waals surface area contributed by atoms with Crippen LogP contribution in [0.5, 0.6) is 17.2 Å². The number of ketones is 2. The van der Waals surface area contributed by atoms with Gasteiger partial charge in [0, 0.05) is 17.4 Å². The number of phenolic OH excluding ortho intramolecular Hbond substituents is 1. The van der Waals surface area contributed by atoms with Gasteiger partial charge in [0.15, 0.2) is 23.1 Å². The van der Waals surface area contributed by atoms with Gasteiger partial charge in [-0.3, -0.25) is 24.1 Å². The van der Waals surface area contributed by atoms with Crippen LogP contribution in [0.25, 0.3) is 17.7 Å². The number of carbonyl (C=O) groups is 4. The third-order valence-corrected chi connectivity index (χ3v) is 11.8. The lowest BCUT2D eigenvalue weighted by atomic mass is 9.45. The van der Waals surface area contributed by atoms with Gasteiger partial charge in [-0.25, -0.2) is 0 Å². The van der Waals surface area contributed by atoms with Gasteiger partial charge in [0.05, 0.1) is 37.2 Å². The van der Waals surface area contributed by atoms with Crippen molar-refractivity contribution in [2.75, 3.05) is 19.1 Å². The Morgan fingerprint density at radius 2 is 1.46 bits per heavy atom. The first-order chi connectivity index (χ1) is 26.2. The van der Waals surface area contributed by atoms with Crippen LogP contribution in [0.3, 0.4) is 0 Å². The molecule has 3 aliphatic carbocycles. The van der Waals surface area contributed by atoms with Gasteiger partial charge in [0.1, 0.15) is 0 Å². The molecule has 0 aromatic heterocycles. The Morgan fingerprint density at radius 1 is 0.815 bits per heavy atom. The van der Waals surface area contributed by atoms with Crippen molar-refractivity contribution in [1.82, 2.24) is 0 Å². The summed E-state index contributed by atoms with van der Waals surface area (Å²) < 4.78 is 10.9. The Morgan fingerprint density at radius 3 is 2.09 bits per heavy atom. The van der Waals surface area contributed by atoms with E-state index in [1.807, 2.05) is 91.0 Å². The van der Waals surface area contributed by atoms with E-state index in [1.165, 1.54) is 25.2 Å². The first kappa shape index (κ1) is 34.8. The quantitative estimate of drug-likeness (QED) is 0.148. The number of imide groups is 1. The van der Waals surface area contributed by atoms with Gasteiger partial charge >= 0.3 is 0 Å². The molecule has 0 spiro atoms. The molecule has 6 atom stereocenters. The number of hydrogen-bond acceptors (Lipinski definition) is 7. The number of benzene rings is 4. The second-order valence-electron chi connectivity index (χ2n) is 14.3. The number of carbonyl (C=O) groups excluding carboxylic acids is 4. The maximum atomic E-state index is 15.2. The maximum absolute atomic E-state index is 15.2. The van der Waals surface area contributed by atoms with Crippen molar-refractivity contribution in [3.8, 4) is 17.2 Å². The Hall–Kier alpha value is -6.28. The van der Waals surface area contributed by atoms with Crippen molar-refractivity contribution in [3.05, 3.63) is 150 Å². The molecule has 1 heterocycles. The Balaban J connectivity index is 1.32. The number of nitrogens with zero attached hydrogens (tertiary/aromatic N) is 1. The second kappa shape index (κ2) is 13.6. The van der Waals surface area contributed by atoms with Gasteiger partial charge in [0.2, 0.25) is 17.6 Å². The van der Waals surface area contributed by atoms with Crippen LogP contribution in [0.15, 0.2) is 127 Å². The number of anilines is 1. The van der Waals surface area contributed by atoms with Crippen LogP contribution in [0.1, 0.15) is 35.1 Å². The molecule has 4 aliphatic rings.